The molecule has 0 aromatic carbocycles. The maximum Gasteiger partial charge on any atom is 0.187 e. The van der Waals surface area contributed by atoms with E-state index in [1.165, 1.54) is 0 Å². The molecule has 0 radical (unpaired) electrons. The fourth-order valence-electron chi connectivity index (χ4n) is 4.24. The average Bonchev–Trinajstić information content (AvgIpc) is 2.82. The van der Waals surface area contributed by atoms with Crippen LogP contribution in [-0.4, -0.2) is 152 Å². The molecule has 34 heavy (non-hydrogen) atoms. The molecule has 0 amide bonds. The first-order valence-corrected chi connectivity index (χ1v) is 11.1. The highest BCUT2D eigenvalue weighted by Gasteiger charge is 2.51. The molecule has 0 saturated carbocycles. The van der Waals surface area contributed by atoms with E-state index in [0.717, 1.165) is 0 Å². The normalized spacial score (nSPS) is 52.5. The van der Waals surface area contributed by atoms with Crippen LogP contribution in [0.3, 0.4) is 0 Å². The number of hydrogen-bond donors (Lipinski definition) is 10. The lowest BCUT2D eigenvalue weighted by molar-refractivity contribution is -0.345. The molecule has 3 heterocycles. The van der Waals surface area contributed by atoms with Gasteiger partial charge in [0.1, 0.15) is 61.0 Å². The van der Waals surface area contributed by atoms with Crippen molar-refractivity contribution in [1.82, 2.24) is 0 Å². The fourth-order valence-corrected chi connectivity index (χ4v) is 4.24. The van der Waals surface area contributed by atoms with Crippen molar-refractivity contribution in [2.75, 3.05) is 19.8 Å². The van der Waals surface area contributed by atoms with Gasteiger partial charge in [0.2, 0.25) is 0 Å². The molecule has 12 N–H and O–H groups in total. The Morgan fingerprint density at radius 1 is 0.647 bits per heavy atom. The molecule has 200 valence electrons. The van der Waals surface area contributed by atoms with E-state index < -0.39 is 105 Å². The van der Waals surface area contributed by atoms with Crippen LogP contribution in [0.5, 0.6) is 0 Å². The van der Waals surface area contributed by atoms with Gasteiger partial charge in [-0.3, -0.25) is 0 Å². The molecule has 15 atom stereocenters. The molecule has 6 unspecified atom stereocenters. The monoisotopic (exact) mass is 500 g/mol. The molecule has 3 rings (SSSR count). The molecular weight excluding hydrogens is 464 g/mol. The van der Waals surface area contributed by atoms with Crippen molar-refractivity contribution in [3.05, 3.63) is 0 Å². The third kappa shape index (κ3) is 5.54. The summed E-state index contributed by atoms with van der Waals surface area (Å²) in [4.78, 5) is 0. The molecule has 3 fully saturated rings. The summed E-state index contributed by atoms with van der Waals surface area (Å²) < 4.78 is 27.6. The minimum Gasteiger partial charge on any atom is -0.394 e. The van der Waals surface area contributed by atoms with E-state index in [1.54, 1.807) is 6.92 Å². The first-order valence-electron chi connectivity index (χ1n) is 11.1. The molecule has 3 aliphatic rings. The van der Waals surface area contributed by atoms with Gasteiger partial charge < -0.3 is 76.0 Å². The maximum absolute atomic E-state index is 10.6. The molecular formula is C19H36N2O13. The van der Waals surface area contributed by atoms with Crippen LogP contribution in [-0.2, 0) is 23.7 Å². The Labute approximate surface area is 195 Å². The van der Waals surface area contributed by atoms with E-state index in [-0.39, 0.29) is 6.61 Å². The van der Waals surface area contributed by atoms with Gasteiger partial charge in [-0.05, 0) is 6.92 Å². The van der Waals surface area contributed by atoms with Crippen molar-refractivity contribution in [2.24, 2.45) is 11.5 Å². The average molecular weight is 500 g/mol. The van der Waals surface area contributed by atoms with Crippen molar-refractivity contribution >= 4 is 0 Å². The summed E-state index contributed by atoms with van der Waals surface area (Å²) in [7, 11) is 0. The fraction of sp³-hybridized carbons (Fsp3) is 1.00. The minimum atomic E-state index is -1.75. The summed E-state index contributed by atoms with van der Waals surface area (Å²) in [5.74, 6) is 0. The highest BCUT2D eigenvalue weighted by Crippen LogP contribution is 2.29. The van der Waals surface area contributed by atoms with Gasteiger partial charge in [-0.1, -0.05) is 0 Å². The number of aliphatic hydroxyl groups excluding tert-OH is 8. The topological polar surface area (TPSA) is 260 Å². The Morgan fingerprint density at radius 3 is 1.82 bits per heavy atom. The van der Waals surface area contributed by atoms with Gasteiger partial charge in [-0.2, -0.15) is 0 Å². The predicted molar refractivity (Wildman–Crippen MR) is 109 cm³/mol. The standard InChI is InChI=1S/C19H36N2O13/c1-5-9(20)14(27)12(25)8(31-5)4-30-18-10(21)17(13(26)7(3-23)32-18)34-19-16(29)15(28)11(24)6(2-22)33-19/h5-19,22-29H,2-4,20-21H2,1H3/t5-,6?,7?,8?,9?,10?,11-,12-,13-,14+,15-,16?,17+,18+,19-/m0/s1. The summed E-state index contributed by atoms with van der Waals surface area (Å²) in [5, 5.41) is 80.0. The molecule has 15 heteroatoms. The second-order valence-corrected chi connectivity index (χ2v) is 8.86. The van der Waals surface area contributed by atoms with Crippen molar-refractivity contribution in [3.63, 3.8) is 0 Å². The SMILES string of the molecule is C[C@@H]1OC(CO[C@@H]2OC(CO)[C@H](O)[C@H](O[C@@H]3OC(CO)[C@H](O)[C@H](O)C3O)C2N)[C@H](O)[C@H](O)C1N. The third-order valence-corrected chi connectivity index (χ3v) is 6.52. The predicted octanol–water partition coefficient (Wildman–Crippen LogP) is -6.57. The minimum absolute atomic E-state index is 0.297. The molecule has 0 aliphatic carbocycles. The number of aliphatic hydroxyl groups is 8. The zero-order valence-corrected chi connectivity index (χ0v) is 18.6. The van der Waals surface area contributed by atoms with Crippen molar-refractivity contribution in [2.45, 2.75) is 98.7 Å². The van der Waals surface area contributed by atoms with E-state index >= 15 is 0 Å². The van der Waals surface area contributed by atoms with Crippen LogP contribution in [0.2, 0.25) is 0 Å². The van der Waals surface area contributed by atoms with Crippen molar-refractivity contribution in [3.8, 4) is 0 Å². The Balaban J connectivity index is 1.68. The molecule has 0 spiro atoms. The van der Waals surface area contributed by atoms with Crippen LogP contribution in [0.25, 0.3) is 0 Å². The van der Waals surface area contributed by atoms with Gasteiger partial charge in [0.25, 0.3) is 0 Å². The number of rotatable bonds is 7. The zero-order chi connectivity index (χ0) is 25.3. The zero-order valence-electron chi connectivity index (χ0n) is 18.6. The van der Waals surface area contributed by atoms with Crippen LogP contribution < -0.4 is 11.5 Å². The van der Waals surface area contributed by atoms with Crippen molar-refractivity contribution < 1.29 is 64.5 Å². The largest absolute Gasteiger partial charge is 0.394 e. The van der Waals surface area contributed by atoms with E-state index in [0.29, 0.717) is 0 Å². The van der Waals surface area contributed by atoms with Gasteiger partial charge in [0, 0.05) is 0 Å². The lowest BCUT2D eigenvalue weighted by Gasteiger charge is -2.47. The molecule has 0 aromatic rings. The summed E-state index contributed by atoms with van der Waals surface area (Å²) in [5.41, 5.74) is 11.9. The maximum atomic E-state index is 10.6. The van der Waals surface area contributed by atoms with Crippen LogP contribution in [0.4, 0.5) is 0 Å². The molecule has 0 bridgehead atoms. The summed E-state index contributed by atoms with van der Waals surface area (Å²) in [6.45, 7) is -0.0158. The van der Waals surface area contributed by atoms with Gasteiger partial charge in [0.15, 0.2) is 12.6 Å². The third-order valence-electron chi connectivity index (χ3n) is 6.52. The Hall–Kier alpha value is -0.600. The van der Waals surface area contributed by atoms with Crippen LogP contribution in [0.1, 0.15) is 6.92 Å². The highest BCUT2D eigenvalue weighted by molar-refractivity contribution is 4.97. The second-order valence-electron chi connectivity index (χ2n) is 8.86. The molecule has 3 saturated heterocycles. The first-order chi connectivity index (χ1) is 16.0. The van der Waals surface area contributed by atoms with Gasteiger partial charge in [-0.25, -0.2) is 0 Å². The van der Waals surface area contributed by atoms with E-state index in [1.807, 2.05) is 0 Å². The van der Waals surface area contributed by atoms with Crippen molar-refractivity contribution in [1.29, 1.82) is 0 Å². The first kappa shape index (κ1) is 28.0. The Kier molecular flexibility index (Phi) is 9.57. The van der Waals surface area contributed by atoms with Gasteiger partial charge >= 0.3 is 0 Å². The highest BCUT2D eigenvalue weighted by atomic mass is 16.7. The quantitative estimate of drug-likeness (QED) is 0.156. The molecule has 0 aromatic heterocycles. The van der Waals surface area contributed by atoms with Crippen LogP contribution >= 0.6 is 0 Å². The lowest BCUT2D eigenvalue weighted by Crippen LogP contribution is -2.67. The smallest absolute Gasteiger partial charge is 0.187 e. The van der Waals surface area contributed by atoms with Gasteiger partial charge in [0.05, 0.1) is 38.0 Å². The number of ether oxygens (including phenoxy) is 5. The van der Waals surface area contributed by atoms with E-state index in [2.05, 4.69) is 0 Å². The van der Waals surface area contributed by atoms with Gasteiger partial charge in [-0.15, -0.1) is 0 Å². The molecule has 15 nitrogen and oxygen atoms in total. The van der Waals surface area contributed by atoms with Crippen LogP contribution in [0, 0.1) is 0 Å². The number of hydrogen-bond acceptors (Lipinski definition) is 15. The number of nitrogens with two attached hydrogens (primary N) is 2. The Morgan fingerprint density at radius 2 is 1.21 bits per heavy atom. The lowest BCUT2D eigenvalue weighted by atomic mass is 9.94. The molecule has 3 aliphatic heterocycles. The summed E-state index contributed by atoms with van der Waals surface area (Å²) in [6.07, 6.45) is -17.5. The summed E-state index contributed by atoms with van der Waals surface area (Å²) in [6, 6.07) is -2.03. The summed E-state index contributed by atoms with van der Waals surface area (Å²) >= 11 is 0. The Bertz CT molecular complexity index is 647. The second kappa shape index (κ2) is 11.6. The van der Waals surface area contributed by atoms with E-state index in [9.17, 15) is 40.9 Å². The van der Waals surface area contributed by atoms with Crippen LogP contribution in [0.15, 0.2) is 0 Å². The van der Waals surface area contributed by atoms with E-state index in [4.69, 9.17) is 35.2 Å².